The number of aromatic hydroxyl groups is 1. The van der Waals surface area contributed by atoms with Crippen LogP contribution < -0.4 is 15.0 Å². The molecule has 0 radical (unpaired) electrons. The van der Waals surface area contributed by atoms with Crippen molar-refractivity contribution >= 4 is 11.7 Å². The monoisotopic (exact) mass is 373 g/mol. The maximum Gasteiger partial charge on any atom is 0.274 e. The van der Waals surface area contributed by atoms with Crippen molar-refractivity contribution in [2.24, 2.45) is 0 Å². The predicted octanol–water partition coefficient (Wildman–Crippen LogP) is 3.25. The summed E-state index contributed by atoms with van der Waals surface area (Å²) in [4.78, 5) is 23.2. The number of ketones is 1. The van der Waals surface area contributed by atoms with Gasteiger partial charge in [-0.15, -0.1) is 0 Å². The first-order valence-electron chi connectivity index (χ1n) is 8.52. The zero-order chi connectivity index (χ0) is 20.0. The highest BCUT2D eigenvalue weighted by Crippen LogP contribution is 2.34. The fourth-order valence-electron chi connectivity index (χ4n) is 2.75. The van der Waals surface area contributed by atoms with Gasteiger partial charge in [0.2, 0.25) is 0 Å². The number of carbonyl (C=O) groups excluding carboxylic acids is 2. The van der Waals surface area contributed by atoms with Crippen LogP contribution in [0.5, 0.6) is 17.2 Å². The zero-order valence-corrected chi connectivity index (χ0v) is 15.5. The third kappa shape index (κ3) is 4.57. The van der Waals surface area contributed by atoms with Crippen LogP contribution in [0.3, 0.4) is 0 Å². The molecule has 0 heterocycles. The number of methoxy groups -OCH3 is 1. The number of Topliss-reactive ketones (excluding diaryl/α,β-unsaturated/α-hetero) is 1. The van der Waals surface area contributed by atoms with Gasteiger partial charge in [0.25, 0.3) is 5.91 Å². The maximum atomic E-state index is 11.6. The van der Waals surface area contributed by atoms with E-state index in [9.17, 15) is 14.7 Å². The van der Waals surface area contributed by atoms with E-state index >= 15 is 0 Å². The summed E-state index contributed by atoms with van der Waals surface area (Å²) < 4.78 is 11.1. The summed E-state index contributed by atoms with van der Waals surface area (Å²) in [7, 11) is 1.47. The van der Waals surface area contributed by atoms with E-state index in [1.807, 2.05) is 6.92 Å². The van der Waals surface area contributed by atoms with Crippen LogP contribution in [-0.4, -0.2) is 29.1 Å². The molecule has 0 aromatic heterocycles. The number of phenols is 1. The fourth-order valence-corrected chi connectivity index (χ4v) is 2.75. The van der Waals surface area contributed by atoms with Gasteiger partial charge in [0.05, 0.1) is 12.7 Å². The van der Waals surface area contributed by atoms with Gasteiger partial charge in [-0.2, -0.15) is 0 Å². The first-order chi connectivity index (χ1) is 12.9. The molecule has 7 nitrogen and oxygen atoms in total. The molecule has 0 saturated carbocycles. The highest BCUT2D eigenvalue weighted by atomic mass is 16.5. The minimum absolute atomic E-state index is 0.0521. The van der Waals surface area contributed by atoms with Crippen molar-refractivity contribution in [3.05, 3.63) is 52.6 Å². The van der Waals surface area contributed by atoms with Crippen molar-refractivity contribution in [3.63, 3.8) is 0 Å². The van der Waals surface area contributed by atoms with Crippen LogP contribution in [0.4, 0.5) is 0 Å². The van der Waals surface area contributed by atoms with Crippen molar-refractivity contribution in [1.29, 1.82) is 0 Å². The molecule has 0 bridgehead atoms. The van der Waals surface area contributed by atoms with Crippen LogP contribution in [0.15, 0.2) is 30.3 Å². The molecule has 2 aromatic carbocycles. The number of hydrogen-bond donors (Lipinski definition) is 3. The van der Waals surface area contributed by atoms with Gasteiger partial charge in [0.1, 0.15) is 23.9 Å². The van der Waals surface area contributed by atoms with E-state index in [0.717, 1.165) is 6.42 Å². The highest BCUT2D eigenvalue weighted by molar-refractivity contribution is 5.97. The molecule has 0 fully saturated rings. The lowest BCUT2D eigenvalue weighted by Gasteiger charge is -2.16. The van der Waals surface area contributed by atoms with Crippen molar-refractivity contribution in [3.8, 4) is 17.2 Å². The molecule has 0 aliphatic heterocycles. The molecule has 0 atom stereocenters. The number of rotatable bonds is 8. The van der Waals surface area contributed by atoms with E-state index in [-0.39, 0.29) is 29.3 Å². The van der Waals surface area contributed by atoms with Gasteiger partial charge in [-0.25, -0.2) is 5.48 Å². The van der Waals surface area contributed by atoms with Gasteiger partial charge in [-0.3, -0.25) is 14.8 Å². The molecule has 2 rings (SSSR count). The van der Waals surface area contributed by atoms with Crippen LogP contribution >= 0.6 is 0 Å². The second kappa shape index (κ2) is 9.05. The van der Waals surface area contributed by atoms with Crippen LogP contribution in [0.2, 0.25) is 0 Å². The molecular weight excluding hydrogens is 350 g/mol. The second-order valence-corrected chi connectivity index (χ2v) is 6.00. The Hall–Kier alpha value is -3.06. The summed E-state index contributed by atoms with van der Waals surface area (Å²) in [6.45, 7) is 3.51. The number of carbonyl (C=O) groups is 2. The quantitative estimate of drug-likeness (QED) is 0.373. The summed E-state index contributed by atoms with van der Waals surface area (Å²) in [5.74, 6) is 0.00615. The van der Waals surface area contributed by atoms with Crippen molar-refractivity contribution < 1.29 is 29.4 Å². The topological polar surface area (TPSA) is 105 Å². The highest BCUT2D eigenvalue weighted by Gasteiger charge is 2.17. The van der Waals surface area contributed by atoms with Gasteiger partial charge >= 0.3 is 0 Å². The molecule has 3 N–H and O–H groups in total. The van der Waals surface area contributed by atoms with E-state index < -0.39 is 5.91 Å². The molecule has 0 spiro atoms. The predicted molar refractivity (Wildman–Crippen MR) is 98.7 cm³/mol. The molecule has 0 saturated heterocycles. The van der Waals surface area contributed by atoms with Gasteiger partial charge in [0, 0.05) is 16.7 Å². The van der Waals surface area contributed by atoms with Crippen LogP contribution in [-0.2, 0) is 13.0 Å². The van der Waals surface area contributed by atoms with Crippen molar-refractivity contribution in [2.75, 3.05) is 7.11 Å². The summed E-state index contributed by atoms with van der Waals surface area (Å²) in [5, 5.41) is 19.1. The molecule has 2 aromatic rings. The van der Waals surface area contributed by atoms with E-state index in [0.29, 0.717) is 29.0 Å². The van der Waals surface area contributed by atoms with Crippen LogP contribution in [0.25, 0.3) is 0 Å². The third-order valence-electron chi connectivity index (χ3n) is 4.15. The Morgan fingerprint density at radius 3 is 2.48 bits per heavy atom. The number of amides is 1. The van der Waals surface area contributed by atoms with Crippen LogP contribution in [0, 0.1) is 0 Å². The third-order valence-corrected chi connectivity index (χ3v) is 4.15. The first-order valence-corrected chi connectivity index (χ1v) is 8.52. The summed E-state index contributed by atoms with van der Waals surface area (Å²) in [6, 6.07) is 7.90. The van der Waals surface area contributed by atoms with E-state index in [1.165, 1.54) is 32.2 Å². The minimum atomic E-state index is -0.643. The van der Waals surface area contributed by atoms with Gasteiger partial charge < -0.3 is 14.6 Å². The number of ether oxygens (including phenoxy) is 2. The molecule has 1 amide bonds. The molecule has 144 valence electrons. The van der Waals surface area contributed by atoms with Gasteiger partial charge in [0.15, 0.2) is 5.78 Å². The van der Waals surface area contributed by atoms with E-state index in [2.05, 4.69) is 0 Å². The zero-order valence-electron chi connectivity index (χ0n) is 15.5. The number of benzene rings is 2. The summed E-state index contributed by atoms with van der Waals surface area (Å²) >= 11 is 0. The standard InChI is InChI=1S/C20H23NO6/c1-4-5-16-17(9-8-15(12(2)22)19(16)23)27-11-14-7-6-13(20(24)21-25)10-18(14)26-3/h6-10,23,25H,4-5,11H2,1-3H3,(H,21,24). The summed E-state index contributed by atoms with van der Waals surface area (Å²) in [6.07, 6.45) is 1.34. The molecule has 0 unspecified atom stereocenters. The Bertz CT molecular complexity index is 847. The Balaban J connectivity index is 2.29. The number of hydroxylamine groups is 1. The molecule has 0 aliphatic carbocycles. The average Bonchev–Trinajstić information content (AvgIpc) is 2.67. The molecular formula is C20H23NO6. The van der Waals surface area contributed by atoms with Gasteiger partial charge in [-0.1, -0.05) is 19.4 Å². The molecule has 0 aliphatic rings. The Morgan fingerprint density at radius 1 is 1.15 bits per heavy atom. The normalized spacial score (nSPS) is 10.4. The smallest absolute Gasteiger partial charge is 0.274 e. The lowest BCUT2D eigenvalue weighted by atomic mass is 10.0. The van der Waals surface area contributed by atoms with Crippen molar-refractivity contribution in [2.45, 2.75) is 33.3 Å². The average molecular weight is 373 g/mol. The van der Waals surface area contributed by atoms with Crippen molar-refractivity contribution in [1.82, 2.24) is 5.48 Å². The van der Waals surface area contributed by atoms with Crippen LogP contribution in [0.1, 0.15) is 52.1 Å². The molecule has 27 heavy (non-hydrogen) atoms. The second-order valence-electron chi connectivity index (χ2n) is 6.00. The van der Waals surface area contributed by atoms with E-state index in [1.54, 1.807) is 17.6 Å². The minimum Gasteiger partial charge on any atom is -0.507 e. The SMILES string of the molecule is CCCc1c(OCc2ccc(C(=O)NO)cc2OC)ccc(C(C)=O)c1O. The van der Waals surface area contributed by atoms with Gasteiger partial charge in [-0.05, 0) is 37.6 Å². The summed E-state index contributed by atoms with van der Waals surface area (Å²) in [5.41, 5.74) is 3.35. The lowest BCUT2D eigenvalue weighted by Crippen LogP contribution is -2.18. The largest absolute Gasteiger partial charge is 0.507 e. The molecule has 7 heteroatoms. The Labute approximate surface area is 157 Å². The Morgan fingerprint density at radius 2 is 1.89 bits per heavy atom. The number of nitrogens with one attached hydrogen (secondary N) is 1. The number of hydrogen-bond acceptors (Lipinski definition) is 6. The first kappa shape index (κ1) is 20.3. The maximum absolute atomic E-state index is 11.6. The lowest BCUT2D eigenvalue weighted by molar-refractivity contribution is 0.0706. The number of phenolic OH excluding ortho intramolecular Hbond substituents is 1. The fraction of sp³-hybridized carbons (Fsp3) is 0.300. The van der Waals surface area contributed by atoms with E-state index in [4.69, 9.17) is 14.7 Å². The Kier molecular flexibility index (Phi) is 6.79.